The SMILES string of the molecule is C=Cc1c(B2OC(C)(C)C(C)(C)O2)cc(N)nc1C. The van der Waals surface area contributed by atoms with Crippen molar-refractivity contribution >= 4 is 24.5 Å². The van der Waals surface area contributed by atoms with Crippen molar-refractivity contribution in [1.82, 2.24) is 4.98 Å². The van der Waals surface area contributed by atoms with Gasteiger partial charge in [-0.3, -0.25) is 0 Å². The third-order valence-electron chi connectivity index (χ3n) is 4.01. The highest BCUT2D eigenvalue weighted by Crippen LogP contribution is 2.36. The molecule has 0 unspecified atom stereocenters. The van der Waals surface area contributed by atoms with Crippen LogP contribution >= 0.6 is 0 Å². The van der Waals surface area contributed by atoms with Crippen LogP contribution in [-0.2, 0) is 9.31 Å². The van der Waals surface area contributed by atoms with Gasteiger partial charge in [0.25, 0.3) is 0 Å². The van der Waals surface area contributed by atoms with Gasteiger partial charge in [0.2, 0.25) is 0 Å². The molecule has 1 saturated heterocycles. The van der Waals surface area contributed by atoms with Gasteiger partial charge in [0, 0.05) is 5.69 Å². The summed E-state index contributed by atoms with van der Waals surface area (Å²) in [6.45, 7) is 13.8. The molecule has 0 amide bonds. The summed E-state index contributed by atoms with van der Waals surface area (Å²) in [5.41, 5.74) is 7.73. The number of pyridine rings is 1. The molecule has 1 aliphatic rings. The fraction of sp³-hybridized carbons (Fsp3) is 0.500. The first-order valence-electron chi connectivity index (χ1n) is 6.43. The van der Waals surface area contributed by atoms with Gasteiger partial charge in [0.05, 0.1) is 11.2 Å². The highest BCUT2D eigenvalue weighted by Gasteiger charge is 2.52. The summed E-state index contributed by atoms with van der Waals surface area (Å²) in [5.74, 6) is 0.466. The molecular formula is C14H21BN2O2. The monoisotopic (exact) mass is 260 g/mol. The Bertz CT molecular complexity index is 510. The third-order valence-corrected chi connectivity index (χ3v) is 4.01. The minimum Gasteiger partial charge on any atom is -0.399 e. The zero-order chi connectivity index (χ0) is 14.4. The average molecular weight is 260 g/mol. The van der Waals surface area contributed by atoms with Crippen molar-refractivity contribution in [3.63, 3.8) is 0 Å². The molecule has 0 radical (unpaired) electrons. The Balaban J connectivity index is 2.47. The molecule has 0 atom stereocenters. The zero-order valence-electron chi connectivity index (χ0n) is 12.3. The van der Waals surface area contributed by atoms with Gasteiger partial charge in [-0.15, -0.1) is 0 Å². The Kier molecular flexibility index (Phi) is 3.23. The summed E-state index contributed by atoms with van der Waals surface area (Å²) in [5, 5.41) is 0. The lowest BCUT2D eigenvalue weighted by Crippen LogP contribution is -2.41. The quantitative estimate of drug-likeness (QED) is 0.825. The van der Waals surface area contributed by atoms with E-state index in [9.17, 15) is 0 Å². The number of hydrogen-bond acceptors (Lipinski definition) is 4. The van der Waals surface area contributed by atoms with Crippen molar-refractivity contribution in [2.24, 2.45) is 0 Å². The molecular weight excluding hydrogens is 239 g/mol. The highest BCUT2D eigenvalue weighted by molar-refractivity contribution is 6.63. The minimum absolute atomic E-state index is 0.373. The fourth-order valence-electron chi connectivity index (χ4n) is 2.16. The smallest absolute Gasteiger partial charge is 0.399 e. The Morgan fingerprint density at radius 3 is 2.26 bits per heavy atom. The van der Waals surface area contributed by atoms with E-state index < -0.39 is 7.12 Å². The lowest BCUT2D eigenvalue weighted by atomic mass is 9.75. The van der Waals surface area contributed by atoms with E-state index in [0.717, 1.165) is 16.7 Å². The number of rotatable bonds is 2. The Morgan fingerprint density at radius 2 is 1.79 bits per heavy atom. The molecule has 0 bridgehead atoms. The van der Waals surface area contributed by atoms with Crippen LogP contribution in [0.5, 0.6) is 0 Å². The molecule has 2 heterocycles. The van der Waals surface area contributed by atoms with Gasteiger partial charge in [-0.05, 0) is 51.7 Å². The summed E-state index contributed by atoms with van der Waals surface area (Å²) >= 11 is 0. The molecule has 102 valence electrons. The largest absolute Gasteiger partial charge is 0.495 e. The second-order valence-corrected chi connectivity index (χ2v) is 5.93. The molecule has 0 aliphatic carbocycles. The van der Waals surface area contributed by atoms with Crippen LogP contribution in [0.3, 0.4) is 0 Å². The second kappa shape index (κ2) is 4.35. The van der Waals surface area contributed by atoms with E-state index >= 15 is 0 Å². The summed E-state index contributed by atoms with van der Waals surface area (Å²) in [7, 11) is -0.443. The summed E-state index contributed by atoms with van der Waals surface area (Å²) < 4.78 is 12.1. The van der Waals surface area contributed by atoms with Crippen molar-refractivity contribution in [3.05, 3.63) is 23.9 Å². The maximum atomic E-state index is 6.05. The zero-order valence-corrected chi connectivity index (χ0v) is 12.3. The lowest BCUT2D eigenvalue weighted by molar-refractivity contribution is 0.00578. The molecule has 5 heteroatoms. The molecule has 2 rings (SSSR count). The van der Waals surface area contributed by atoms with Crippen molar-refractivity contribution in [3.8, 4) is 0 Å². The van der Waals surface area contributed by atoms with Gasteiger partial charge in [-0.2, -0.15) is 0 Å². The molecule has 1 fully saturated rings. The maximum absolute atomic E-state index is 6.05. The first kappa shape index (κ1) is 14.1. The van der Waals surface area contributed by atoms with E-state index in [1.165, 1.54) is 0 Å². The molecule has 1 aliphatic heterocycles. The minimum atomic E-state index is -0.443. The number of aryl methyl sites for hydroxylation is 1. The first-order valence-corrected chi connectivity index (χ1v) is 6.43. The van der Waals surface area contributed by atoms with Gasteiger partial charge in [0.1, 0.15) is 5.82 Å². The molecule has 4 nitrogen and oxygen atoms in total. The van der Waals surface area contributed by atoms with E-state index in [0.29, 0.717) is 5.82 Å². The van der Waals surface area contributed by atoms with Gasteiger partial charge < -0.3 is 15.0 Å². The number of aromatic nitrogens is 1. The first-order chi connectivity index (χ1) is 8.68. The number of anilines is 1. The molecule has 1 aromatic heterocycles. The van der Waals surface area contributed by atoms with Gasteiger partial charge in [-0.1, -0.05) is 12.7 Å². The fourth-order valence-corrected chi connectivity index (χ4v) is 2.16. The van der Waals surface area contributed by atoms with E-state index in [1.54, 1.807) is 12.1 Å². The Morgan fingerprint density at radius 1 is 1.26 bits per heavy atom. The van der Waals surface area contributed by atoms with Crippen LogP contribution in [0, 0.1) is 6.92 Å². The van der Waals surface area contributed by atoms with E-state index in [-0.39, 0.29) is 11.2 Å². The van der Waals surface area contributed by atoms with Crippen molar-refractivity contribution in [2.45, 2.75) is 45.8 Å². The summed E-state index contributed by atoms with van der Waals surface area (Å²) in [6.07, 6.45) is 1.77. The van der Waals surface area contributed by atoms with E-state index in [2.05, 4.69) is 11.6 Å². The second-order valence-electron chi connectivity index (χ2n) is 5.93. The van der Waals surface area contributed by atoms with E-state index in [1.807, 2.05) is 34.6 Å². The summed E-state index contributed by atoms with van der Waals surface area (Å²) in [6, 6.07) is 1.80. The van der Waals surface area contributed by atoms with Gasteiger partial charge in [-0.25, -0.2) is 4.98 Å². The maximum Gasteiger partial charge on any atom is 0.495 e. The van der Waals surface area contributed by atoms with Gasteiger partial charge >= 0.3 is 7.12 Å². The van der Waals surface area contributed by atoms with Crippen LogP contribution in [0.1, 0.15) is 39.0 Å². The lowest BCUT2D eigenvalue weighted by Gasteiger charge is -2.32. The molecule has 0 aromatic carbocycles. The third kappa shape index (κ3) is 2.28. The predicted octanol–water partition coefficient (Wildman–Crippen LogP) is 1.91. The van der Waals surface area contributed by atoms with Crippen LogP contribution in [-0.4, -0.2) is 23.3 Å². The highest BCUT2D eigenvalue weighted by atomic mass is 16.7. The number of nitrogen functional groups attached to an aromatic ring is 1. The standard InChI is InChI=1S/C14H21BN2O2/c1-7-10-9(2)17-12(16)8-11(10)15-18-13(3,4)14(5,6)19-15/h7-8H,1H2,2-6H3,(H2,16,17). The van der Waals surface area contributed by atoms with Crippen LogP contribution in [0.15, 0.2) is 12.6 Å². The van der Waals surface area contributed by atoms with E-state index in [4.69, 9.17) is 15.0 Å². The number of hydrogen-bond donors (Lipinski definition) is 1. The topological polar surface area (TPSA) is 57.4 Å². The Hall–Kier alpha value is -1.33. The molecule has 0 spiro atoms. The van der Waals surface area contributed by atoms with Crippen LogP contribution in [0.2, 0.25) is 0 Å². The average Bonchev–Trinajstić information content (AvgIpc) is 2.47. The number of nitrogens with zero attached hydrogens (tertiary/aromatic N) is 1. The molecule has 1 aromatic rings. The number of nitrogens with two attached hydrogens (primary N) is 1. The van der Waals surface area contributed by atoms with Gasteiger partial charge in [0.15, 0.2) is 0 Å². The molecule has 0 saturated carbocycles. The molecule has 2 N–H and O–H groups in total. The van der Waals surface area contributed by atoms with Crippen molar-refractivity contribution in [2.75, 3.05) is 5.73 Å². The summed E-state index contributed by atoms with van der Waals surface area (Å²) in [4.78, 5) is 4.24. The Labute approximate surface area is 115 Å². The molecule has 19 heavy (non-hydrogen) atoms. The van der Waals surface area contributed by atoms with Crippen LogP contribution in [0.4, 0.5) is 5.82 Å². The van der Waals surface area contributed by atoms with Crippen molar-refractivity contribution < 1.29 is 9.31 Å². The van der Waals surface area contributed by atoms with Crippen molar-refractivity contribution in [1.29, 1.82) is 0 Å². The normalized spacial score (nSPS) is 20.6. The van der Waals surface area contributed by atoms with Crippen LogP contribution in [0.25, 0.3) is 6.08 Å². The van der Waals surface area contributed by atoms with Crippen LogP contribution < -0.4 is 11.2 Å². The predicted molar refractivity (Wildman–Crippen MR) is 79.2 cm³/mol.